The predicted molar refractivity (Wildman–Crippen MR) is 119 cm³/mol. The Kier molecular flexibility index (Phi) is 10.3. The molecule has 26 heavy (non-hydrogen) atoms. The maximum absolute atomic E-state index is 2.61. The molecule has 1 aliphatic rings. The van der Waals surface area contributed by atoms with Gasteiger partial charge in [0.05, 0.1) is 0 Å². The van der Waals surface area contributed by atoms with Gasteiger partial charge in [-0.3, -0.25) is 0 Å². The van der Waals surface area contributed by atoms with Gasteiger partial charge in [-0.05, 0) is 59.7 Å². The summed E-state index contributed by atoms with van der Waals surface area (Å²) in [6, 6.07) is 0. The van der Waals surface area contributed by atoms with E-state index in [1.807, 2.05) is 0 Å². The first-order chi connectivity index (χ1) is 12.1. The van der Waals surface area contributed by atoms with Crippen LogP contribution in [0.3, 0.4) is 0 Å². The zero-order valence-electron chi connectivity index (χ0n) is 19.9. The molecule has 1 saturated carbocycles. The second-order valence-electron chi connectivity index (χ2n) is 11.2. The van der Waals surface area contributed by atoms with Crippen LogP contribution in [0.1, 0.15) is 120 Å². The van der Waals surface area contributed by atoms with Crippen LogP contribution in [0.4, 0.5) is 0 Å². The number of hydrogen-bond acceptors (Lipinski definition) is 0. The predicted octanol–water partition coefficient (Wildman–Crippen LogP) is 8.99. The van der Waals surface area contributed by atoms with Crippen LogP contribution in [0.2, 0.25) is 0 Å². The monoisotopic (exact) mass is 364 g/mol. The average molecular weight is 365 g/mol. The van der Waals surface area contributed by atoms with E-state index in [4.69, 9.17) is 0 Å². The third-order valence-electron chi connectivity index (χ3n) is 8.35. The lowest BCUT2D eigenvalue weighted by atomic mass is 9.56. The fourth-order valence-electron chi connectivity index (χ4n) is 5.85. The second-order valence-corrected chi connectivity index (χ2v) is 11.2. The first kappa shape index (κ1) is 24.0. The first-order valence-electron chi connectivity index (χ1n) is 12.1. The van der Waals surface area contributed by atoms with Crippen LogP contribution in [-0.2, 0) is 0 Å². The zero-order chi connectivity index (χ0) is 19.9. The van der Waals surface area contributed by atoms with E-state index in [1.54, 1.807) is 0 Å². The molecule has 0 bridgehead atoms. The van der Waals surface area contributed by atoms with Gasteiger partial charge < -0.3 is 0 Å². The summed E-state index contributed by atoms with van der Waals surface area (Å²) in [4.78, 5) is 0. The highest BCUT2D eigenvalue weighted by Crippen LogP contribution is 2.51. The summed E-state index contributed by atoms with van der Waals surface area (Å²) in [6.07, 6.45) is 12.8. The summed E-state index contributed by atoms with van der Waals surface area (Å²) < 4.78 is 0. The van der Waals surface area contributed by atoms with Crippen LogP contribution < -0.4 is 0 Å². The molecule has 0 aromatic rings. The minimum Gasteiger partial charge on any atom is -0.0654 e. The lowest BCUT2D eigenvalue weighted by Gasteiger charge is -2.49. The van der Waals surface area contributed by atoms with Gasteiger partial charge in [-0.25, -0.2) is 0 Å². The Hall–Kier alpha value is 0. The fraction of sp³-hybridized carbons (Fsp3) is 1.00. The fourth-order valence-corrected chi connectivity index (χ4v) is 5.85. The summed E-state index contributed by atoms with van der Waals surface area (Å²) in [6.45, 7) is 22.5. The molecule has 0 spiro atoms. The number of rotatable bonds is 11. The molecule has 1 fully saturated rings. The van der Waals surface area contributed by atoms with Crippen LogP contribution in [0.5, 0.6) is 0 Å². The van der Waals surface area contributed by atoms with Crippen LogP contribution in [0.25, 0.3) is 0 Å². The molecule has 156 valence electrons. The van der Waals surface area contributed by atoms with Crippen molar-refractivity contribution in [1.82, 2.24) is 0 Å². The second kappa shape index (κ2) is 11.1. The molecule has 0 heterocycles. The molecule has 0 radical (unpaired) electrons. The molecule has 6 unspecified atom stereocenters. The Morgan fingerprint density at radius 1 is 0.885 bits per heavy atom. The minimum absolute atomic E-state index is 0.532. The highest BCUT2D eigenvalue weighted by molar-refractivity contribution is 4.92. The van der Waals surface area contributed by atoms with Crippen LogP contribution in [0.15, 0.2) is 0 Å². The molecule has 0 heteroatoms. The van der Waals surface area contributed by atoms with Crippen molar-refractivity contribution in [1.29, 1.82) is 0 Å². The van der Waals surface area contributed by atoms with E-state index in [9.17, 15) is 0 Å². The third kappa shape index (κ3) is 6.87. The van der Waals surface area contributed by atoms with Crippen molar-refractivity contribution in [2.75, 3.05) is 0 Å². The van der Waals surface area contributed by atoms with Crippen LogP contribution >= 0.6 is 0 Å². The van der Waals surface area contributed by atoms with Crippen molar-refractivity contribution in [2.45, 2.75) is 120 Å². The topological polar surface area (TPSA) is 0 Å². The highest BCUT2D eigenvalue weighted by atomic mass is 14.5. The van der Waals surface area contributed by atoms with Gasteiger partial charge in [0, 0.05) is 0 Å². The van der Waals surface area contributed by atoms with Crippen molar-refractivity contribution in [3.63, 3.8) is 0 Å². The van der Waals surface area contributed by atoms with Gasteiger partial charge in [-0.15, -0.1) is 0 Å². The molecule has 0 amide bonds. The zero-order valence-corrected chi connectivity index (χ0v) is 19.9. The van der Waals surface area contributed by atoms with Crippen molar-refractivity contribution in [3.05, 3.63) is 0 Å². The Labute approximate surface area is 167 Å². The molecule has 0 aliphatic heterocycles. The van der Waals surface area contributed by atoms with Crippen molar-refractivity contribution in [3.8, 4) is 0 Å². The summed E-state index contributed by atoms with van der Waals surface area (Å²) in [5, 5.41) is 0. The third-order valence-corrected chi connectivity index (χ3v) is 8.35. The maximum atomic E-state index is 2.61. The van der Waals surface area contributed by atoms with Gasteiger partial charge in [0.15, 0.2) is 0 Å². The standard InChI is InChI=1S/C26H52/c1-10-11-12-14-20(4)22(6)25(21(5)17-16-19(2)3)24-15-13-18-26(8,9)23(24)7/h19-25H,10-18H2,1-9H3. The molecule has 0 nitrogen and oxygen atoms in total. The van der Waals surface area contributed by atoms with Gasteiger partial charge in [-0.1, -0.05) is 107 Å². The lowest BCUT2D eigenvalue weighted by molar-refractivity contribution is -0.00311. The van der Waals surface area contributed by atoms with Gasteiger partial charge in [0.1, 0.15) is 0 Å². The van der Waals surface area contributed by atoms with E-state index in [-0.39, 0.29) is 0 Å². The Morgan fingerprint density at radius 2 is 1.54 bits per heavy atom. The number of unbranched alkanes of at least 4 members (excludes halogenated alkanes) is 2. The van der Waals surface area contributed by atoms with E-state index in [0.717, 1.165) is 41.4 Å². The van der Waals surface area contributed by atoms with Gasteiger partial charge >= 0.3 is 0 Å². The highest BCUT2D eigenvalue weighted by Gasteiger charge is 2.43. The molecular formula is C26H52. The van der Waals surface area contributed by atoms with Gasteiger partial charge in [0.2, 0.25) is 0 Å². The quantitative estimate of drug-likeness (QED) is 0.321. The van der Waals surface area contributed by atoms with E-state index in [2.05, 4.69) is 62.3 Å². The van der Waals surface area contributed by atoms with Crippen molar-refractivity contribution >= 4 is 0 Å². The molecule has 1 aliphatic carbocycles. The average Bonchev–Trinajstić information content (AvgIpc) is 2.56. The summed E-state index contributed by atoms with van der Waals surface area (Å²) in [5.74, 6) is 6.19. The smallest absolute Gasteiger partial charge is 0.0326 e. The Bertz CT molecular complexity index is 366. The summed E-state index contributed by atoms with van der Waals surface area (Å²) >= 11 is 0. The van der Waals surface area contributed by atoms with E-state index in [0.29, 0.717) is 5.41 Å². The van der Waals surface area contributed by atoms with E-state index >= 15 is 0 Å². The largest absolute Gasteiger partial charge is 0.0654 e. The SMILES string of the molecule is CCCCCC(C)C(C)C(C(C)CCC(C)C)C1CCCC(C)(C)C1C. The normalized spacial score (nSPS) is 27.9. The maximum Gasteiger partial charge on any atom is -0.0326 e. The Balaban J connectivity index is 2.93. The van der Waals surface area contributed by atoms with Crippen LogP contribution in [0, 0.1) is 46.8 Å². The van der Waals surface area contributed by atoms with Gasteiger partial charge in [0.25, 0.3) is 0 Å². The number of hydrogen-bond donors (Lipinski definition) is 0. The van der Waals surface area contributed by atoms with E-state index in [1.165, 1.54) is 57.8 Å². The molecular weight excluding hydrogens is 312 g/mol. The first-order valence-corrected chi connectivity index (χ1v) is 12.1. The van der Waals surface area contributed by atoms with Crippen molar-refractivity contribution in [2.24, 2.45) is 46.8 Å². The molecule has 0 aromatic carbocycles. The molecule has 6 atom stereocenters. The molecule has 0 N–H and O–H groups in total. The van der Waals surface area contributed by atoms with E-state index < -0.39 is 0 Å². The van der Waals surface area contributed by atoms with Crippen molar-refractivity contribution < 1.29 is 0 Å². The summed E-state index contributed by atoms with van der Waals surface area (Å²) in [7, 11) is 0. The molecule has 0 aromatic heterocycles. The van der Waals surface area contributed by atoms with Gasteiger partial charge in [-0.2, -0.15) is 0 Å². The Morgan fingerprint density at radius 3 is 2.12 bits per heavy atom. The summed E-state index contributed by atoms with van der Waals surface area (Å²) in [5.41, 5.74) is 0.532. The minimum atomic E-state index is 0.532. The molecule has 0 saturated heterocycles. The molecule has 1 rings (SSSR count). The lowest BCUT2D eigenvalue weighted by Crippen LogP contribution is -2.42. The van der Waals surface area contributed by atoms with Crippen LogP contribution in [-0.4, -0.2) is 0 Å².